The number of rotatable bonds is 3. The summed E-state index contributed by atoms with van der Waals surface area (Å²) in [5, 5.41) is 6.57. The summed E-state index contributed by atoms with van der Waals surface area (Å²) in [7, 11) is 0. The molecule has 110 valence electrons. The van der Waals surface area contributed by atoms with Crippen molar-refractivity contribution in [2.24, 2.45) is 5.92 Å². The first kappa shape index (κ1) is 15.8. The highest BCUT2D eigenvalue weighted by Crippen LogP contribution is 2.42. The maximum Gasteiger partial charge on any atom is 0.225 e. The van der Waals surface area contributed by atoms with Crippen molar-refractivity contribution in [1.29, 1.82) is 0 Å². The lowest BCUT2D eigenvalue weighted by atomic mass is 9.71. The standard InChI is InChI=1S/C15H19BrN2O.ClH/c16-13-4-1-3-12(9-13)15(6-2-7-15)18-14(19)11-5-8-17-10-11;/h1,3-4,9,11,17H,2,5-8,10H2,(H,18,19);1H. The van der Waals surface area contributed by atoms with Gasteiger partial charge in [0, 0.05) is 11.0 Å². The molecule has 1 aliphatic heterocycles. The second-order valence-corrected chi connectivity index (χ2v) is 6.54. The van der Waals surface area contributed by atoms with Crippen molar-refractivity contribution in [2.75, 3.05) is 13.1 Å². The lowest BCUT2D eigenvalue weighted by Gasteiger charge is -2.43. The van der Waals surface area contributed by atoms with E-state index in [4.69, 9.17) is 0 Å². The molecule has 1 saturated heterocycles. The van der Waals surface area contributed by atoms with Gasteiger partial charge < -0.3 is 10.6 Å². The van der Waals surface area contributed by atoms with Crippen molar-refractivity contribution < 1.29 is 4.79 Å². The number of halogens is 2. The third-order valence-corrected chi connectivity index (χ3v) is 4.87. The Balaban J connectivity index is 0.00000147. The van der Waals surface area contributed by atoms with Gasteiger partial charge in [0.1, 0.15) is 0 Å². The lowest BCUT2D eigenvalue weighted by molar-refractivity contribution is -0.127. The predicted octanol–water partition coefficient (Wildman–Crippen LogP) is 2.98. The third kappa shape index (κ3) is 3.02. The highest BCUT2D eigenvalue weighted by molar-refractivity contribution is 9.10. The fraction of sp³-hybridized carbons (Fsp3) is 0.533. The van der Waals surface area contributed by atoms with Gasteiger partial charge in [-0.3, -0.25) is 4.79 Å². The highest BCUT2D eigenvalue weighted by atomic mass is 79.9. The number of carbonyl (C=O) groups is 1. The Morgan fingerprint density at radius 2 is 2.20 bits per heavy atom. The van der Waals surface area contributed by atoms with Gasteiger partial charge in [-0.1, -0.05) is 28.1 Å². The summed E-state index contributed by atoms with van der Waals surface area (Å²) < 4.78 is 1.08. The normalized spacial score (nSPS) is 23.6. The van der Waals surface area contributed by atoms with Crippen LogP contribution in [0.4, 0.5) is 0 Å². The molecule has 2 N–H and O–H groups in total. The topological polar surface area (TPSA) is 41.1 Å². The van der Waals surface area contributed by atoms with Crippen molar-refractivity contribution >= 4 is 34.2 Å². The summed E-state index contributed by atoms with van der Waals surface area (Å²) >= 11 is 3.52. The Bertz CT molecular complexity index is 485. The number of hydrogen-bond acceptors (Lipinski definition) is 2. The summed E-state index contributed by atoms with van der Waals surface area (Å²) in [6.07, 6.45) is 4.25. The lowest BCUT2D eigenvalue weighted by Crippen LogP contribution is -2.52. The van der Waals surface area contributed by atoms with Gasteiger partial charge in [-0.2, -0.15) is 0 Å². The molecule has 0 radical (unpaired) electrons. The molecule has 1 saturated carbocycles. The van der Waals surface area contributed by atoms with E-state index in [1.165, 1.54) is 12.0 Å². The molecule has 20 heavy (non-hydrogen) atoms. The average molecular weight is 360 g/mol. The van der Waals surface area contributed by atoms with Crippen LogP contribution in [0.2, 0.25) is 0 Å². The fourth-order valence-corrected chi connectivity index (χ4v) is 3.42. The van der Waals surface area contributed by atoms with E-state index in [1.807, 2.05) is 12.1 Å². The Labute approximate surface area is 134 Å². The highest BCUT2D eigenvalue weighted by Gasteiger charge is 2.41. The first-order chi connectivity index (χ1) is 9.20. The van der Waals surface area contributed by atoms with Crippen molar-refractivity contribution in [2.45, 2.75) is 31.2 Å². The number of carbonyl (C=O) groups excluding carboxylic acids is 1. The van der Waals surface area contributed by atoms with Gasteiger partial charge in [-0.05, 0) is 49.9 Å². The molecule has 1 unspecified atom stereocenters. The second-order valence-electron chi connectivity index (χ2n) is 5.62. The van der Waals surface area contributed by atoms with Crippen LogP contribution in [0.1, 0.15) is 31.2 Å². The molecule has 1 amide bonds. The maximum atomic E-state index is 12.3. The van der Waals surface area contributed by atoms with Gasteiger partial charge >= 0.3 is 0 Å². The van der Waals surface area contributed by atoms with Gasteiger partial charge in [0.25, 0.3) is 0 Å². The zero-order valence-corrected chi connectivity index (χ0v) is 13.7. The van der Waals surface area contributed by atoms with Crippen molar-refractivity contribution in [1.82, 2.24) is 10.6 Å². The maximum absolute atomic E-state index is 12.3. The van der Waals surface area contributed by atoms with Gasteiger partial charge in [-0.25, -0.2) is 0 Å². The van der Waals surface area contributed by atoms with E-state index in [0.29, 0.717) is 0 Å². The molecule has 2 fully saturated rings. The molecule has 3 rings (SSSR count). The fourth-order valence-electron chi connectivity index (χ4n) is 3.02. The van der Waals surface area contributed by atoms with E-state index in [9.17, 15) is 4.79 Å². The largest absolute Gasteiger partial charge is 0.346 e. The molecule has 0 aromatic heterocycles. The minimum atomic E-state index is -0.122. The summed E-state index contributed by atoms with van der Waals surface area (Å²) in [6, 6.07) is 8.32. The molecular weight excluding hydrogens is 340 g/mol. The molecule has 1 aliphatic carbocycles. The molecule has 1 heterocycles. The molecule has 0 spiro atoms. The van der Waals surface area contributed by atoms with Gasteiger partial charge in [0.05, 0.1) is 11.5 Å². The smallest absolute Gasteiger partial charge is 0.225 e. The first-order valence-electron chi connectivity index (χ1n) is 6.98. The van der Waals surface area contributed by atoms with Crippen LogP contribution < -0.4 is 10.6 Å². The van der Waals surface area contributed by atoms with Gasteiger partial charge in [-0.15, -0.1) is 12.4 Å². The number of nitrogens with one attached hydrogen (secondary N) is 2. The second kappa shape index (κ2) is 6.46. The molecule has 5 heteroatoms. The zero-order valence-electron chi connectivity index (χ0n) is 11.3. The molecule has 1 atom stereocenters. The van der Waals surface area contributed by atoms with Gasteiger partial charge in [0.15, 0.2) is 0 Å². The summed E-state index contributed by atoms with van der Waals surface area (Å²) in [5.74, 6) is 0.356. The van der Waals surface area contributed by atoms with Crippen molar-refractivity contribution in [3.63, 3.8) is 0 Å². The summed E-state index contributed by atoms with van der Waals surface area (Å²) in [5.41, 5.74) is 1.11. The molecule has 1 aromatic carbocycles. The van der Waals surface area contributed by atoms with Crippen molar-refractivity contribution in [3.8, 4) is 0 Å². The SMILES string of the molecule is Cl.O=C(NC1(c2cccc(Br)c2)CCC1)C1CCNC1. The Morgan fingerprint density at radius 1 is 1.40 bits per heavy atom. The molecule has 1 aromatic rings. The number of hydrogen-bond donors (Lipinski definition) is 2. The molecule has 2 aliphatic rings. The quantitative estimate of drug-likeness (QED) is 0.871. The Kier molecular flexibility index (Phi) is 5.10. The van der Waals surface area contributed by atoms with E-state index < -0.39 is 0 Å². The predicted molar refractivity (Wildman–Crippen MR) is 86.0 cm³/mol. The van der Waals surface area contributed by atoms with Crippen LogP contribution in [0.25, 0.3) is 0 Å². The van der Waals surface area contributed by atoms with E-state index in [1.54, 1.807) is 0 Å². The monoisotopic (exact) mass is 358 g/mol. The van der Waals surface area contributed by atoms with E-state index in [-0.39, 0.29) is 29.8 Å². The number of benzene rings is 1. The van der Waals surface area contributed by atoms with Crippen molar-refractivity contribution in [3.05, 3.63) is 34.3 Å². The Morgan fingerprint density at radius 3 is 2.75 bits per heavy atom. The summed E-state index contributed by atoms with van der Waals surface area (Å²) in [4.78, 5) is 12.3. The molecular formula is C15H20BrClN2O. The van der Waals surface area contributed by atoms with E-state index in [2.05, 4.69) is 38.7 Å². The van der Waals surface area contributed by atoms with E-state index in [0.717, 1.165) is 36.8 Å². The molecule has 3 nitrogen and oxygen atoms in total. The molecule has 0 bridgehead atoms. The van der Waals surface area contributed by atoms with Crippen LogP contribution in [0.3, 0.4) is 0 Å². The van der Waals surface area contributed by atoms with E-state index >= 15 is 0 Å². The van der Waals surface area contributed by atoms with Crippen LogP contribution in [0.5, 0.6) is 0 Å². The zero-order chi connectivity index (χ0) is 13.3. The van der Waals surface area contributed by atoms with Crippen LogP contribution in [0.15, 0.2) is 28.7 Å². The average Bonchev–Trinajstić information content (AvgIpc) is 2.87. The number of amides is 1. The first-order valence-corrected chi connectivity index (χ1v) is 7.78. The van der Waals surface area contributed by atoms with Crippen LogP contribution in [-0.2, 0) is 10.3 Å². The minimum Gasteiger partial charge on any atom is -0.346 e. The minimum absolute atomic E-state index is 0. The van der Waals surface area contributed by atoms with Crippen LogP contribution >= 0.6 is 28.3 Å². The third-order valence-electron chi connectivity index (χ3n) is 4.38. The Hall–Kier alpha value is -0.580. The van der Waals surface area contributed by atoms with Crippen LogP contribution in [-0.4, -0.2) is 19.0 Å². The summed E-state index contributed by atoms with van der Waals surface area (Å²) in [6.45, 7) is 1.78. The van der Waals surface area contributed by atoms with Crippen LogP contribution in [0, 0.1) is 5.92 Å². The van der Waals surface area contributed by atoms with Gasteiger partial charge in [0.2, 0.25) is 5.91 Å².